The Bertz CT molecular complexity index is 406. The molecule has 0 spiro atoms. The predicted octanol–water partition coefficient (Wildman–Crippen LogP) is 3.04. The lowest BCUT2D eigenvalue weighted by molar-refractivity contribution is -0.111. The Hall–Kier alpha value is -1.64. The van der Waals surface area contributed by atoms with E-state index in [-0.39, 0.29) is 11.7 Å². The standard InChI is InChI=1S/C12H14FNO/c1-8(2)7-12(15)14-11-6-4-5-10(13)9(11)3/h4-7H,1-3H3,(H,14,15). The van der Waals surface area contributed by atoms with Crippen LogP contribution in [0.25, 0.3) is 0 Å². The molecule has 0 aliphatic rings. The van der Waals surface area contributed by atoms with Crippen LogP contribution in [-0.4, -0.2) is 5.91 Å². The van der Waals surface area contributed by atoms with Crippen LogP contribution >= 0.6 is 0 Å². The van der Waals surface area contributed by atoms with Crippen molar-refractivity contribution >= 4 is 11.6 Å². The smallest absolute Gasteiger partial charge is 0.248 e. The molecule has 0 saturated heterocycles. The fourth-order valence-corrected chi connectivity index (χ4v) is 1.17. The van der Waals surface area contributed by atoms with Gasteiger partial charge in [-0.2, -0.15) is 0 Å². The van der Waals surface area contributed by atoms with E-state index >= 15 is 0 Å². The Kier molecular flexibility index (Phi) is 3.61. The molecule has 80 valence electrons. The van der Waals surface area contributed by atoms with Crippen molar-refractivity contribution in [3.8, 4) is 0 Å². The van der Waals surface area contributed by atoms with E-state index in [9.17, 15) is 9.18 Å². The summed E-state index contributed by atoms with van der Waals surface area (Å²) in [4.78, 5) is 11.4. The minimum Gasteiger partial charge on any atom is -0.322 e. The summed E-state index contributed by atoms with van der Waals surface area (Å²) in [5, 5.41) is 2.63. The van der Waals surface area contributed by atoms with Crippen molar-refractivity contribution in [2.24, 2.45) is 0 Å². The second-order valence-electron chi connectivity index (χ2n) is 3.62. The van der Waals surface area contributed by atoms with Crippen LogP contribution in [0.3, 0.4) is 0 Å². The van der Waals surface area contributed by atoms with Gasteiger partial charge in [0.05, 0.1) is 0 Å². The van der Waals surface area contributed by atoms with Crippen LogP contribution in [0.5, 0.6) is 0 Å². The molecule has 1 rings (SSSR count). The van der Waals surface area contributed by atoms with Gasteiger partial charge in [0.25, 0.3) is 0 Å². The van der Waals surface area contributed by atoms with Crippen molar-refractivity contribution in [2.45, 2.75) is 20.8 Å². The first-order chi connectivity index (χ1) is 7.00. The number of hydrogen-bond donors (Lipinski definition) is 1. The zero-order valence-electron chi connectivity index (χ0n) is 9.10. The molecule has 2 nitrogen and oxygen atoms in total. The van der Waals surface area contributed by atoms with Gasteiger partial charge in [-0.25, -0.2) is 4.39 Å². The Labute approximate surface area is 88.8 Å². The van der Waals surface area contributed by atoms with E-state index in [0.717, 1.165) is 5.57 Å². The number of carbonyl (C=O) groups excluding carboxylic acids is 1. The van der Waals surface area contributed by atoms with Gasteiger partial charge in [0, 0.05) is 17.3 Å². The maximum absolute atomic E-state index is 13.1. The Balaban J connectivity index is 2.86. The fraction of sp³-hybridized carbons (Fsp3) is 0.250. The van der Waals surface area contributed by atoms with Crippen LogP contribution in [0, 0.1) is 12.7 Å². The number of hydrogen-bond acceptors (Lipinski definition) is 1. The average Bonchev–Trinajstić information content (AvgIpc) is 2.11. The minimum absolute atomic E-state index is 0.233. The minimum atomic E-state index is -0.315. The third-order valence-electron chi connectivity index (χ3n) is 1.95. The molecule has 1 aromatic rings. The number of anilines is 1. The number of halogens is 1. The van der Waals surface area contributed by atoms with Crippen LogP contribution in [-0.2, 0) is 4.79 Å². The van der Waals surface area contributed by atoms with E-state index < -0.39 is 0 Å². The van der Waals surface area contributed by atoms with Gasteiger partial charge < -0.3 is 5.32 Å². The summed E-state index contributed by atoms with van der Waals surface area (Å²) in [6.07, 6.45) is 1.48. The van der Waals surface area contributed by atoms with E-state index in [4.69, 9.17) is 0 Å². The van der Waals surface area contributed by atoms with E-state index in [0.29, 0.717) is 11.3 Å². The van der Waals surface area contributed by atoms with Crippen LogP contribution in [0.1, 0.15) is 19.4 Å². The summed E-state index contributed by atoms with van der Waals surface area (Å²) in [5.74, 6) is -0.547. The van der Waals surface area contributed by atoms with Gasteiger partial charge in [0.2, 0.25) is 5.91 Å². The highest BCUT2D eigenvalue weighted by Gasteiger charge is 2.05. The summed E-state index contributed by atoms with van der Waals surface area (Å²) in [6.45, 7) is 5.30. The molecule has 0 aliphatic carbocycles. The van der Waals surface area contributed by atoms with Crippen molar-refractivity contribution in [1.82, 2.24) is 0 Å². The quantitative estimate of drug-likeness (QED) is 0.742. The number of rotatable bonds is 2. The summed E-state index contributed by atoms with van der Waals surface area (Å²) < 4.78 is 13.1. The van der Waals surface area contributed by atoms with Crippen LogP contribution in [0.2, 0.25) is 0 Å². The molecule has 1 aromatic carbocycles. The van der Waals surface area contributed by atoms with Gasteiger partial charge in [-0.3, -0.25) is 4.79 Å². The molecule has 0 aromatic heterocycles. The first-order valence-corrected chi connectivity index (χ1v) is 4.71. The lowest BCUT2D eigenvalue weighted by atomic mass is 10.2. The highest BCUT2D eigenvalue weighted by Crippen LogP contribution is 2.17. The lowest BCUT2D eigenvalue weighted by Crippen LogP contribution is -2.10. The van der Waals surface area contributed by atoms with Crippen molar-refractivity contribution in [1.29, 1.82) is 0 Å². The summed E-state index contributed by atoms with van der Waals surface area (Å²) in [5.41, 5.74) is 1.87. The highest BCUT2D eigenvalue weighted by atomic mass is 19.1. The summed E-state index contributed by atoms with van der Waals surface area (Å²) in [7, 11) is 0. The largest absolute Gasteiger partial charge is 0.322 e. The number of benzene rings is 1. The van der Waals surface area contributed by atoms with E-state index in [1.807, 2.05) is 13.8 Å². The van der Waals surface area contributed by atoms with E-state index in [1.54, 1.807) is 19.1 Å². The van der Waals surface area contributed by atoms with E-state index in [2.05, 4.69) is 5.32 Å². The normalized spacial score (nSPS) is 9.60. The molecule has 0 bridgehead atoms. The molecule has 0 atom stereocenters. The average molecular weight is 207 g/mol. The molecular weight excluding hydrogens is 193 g/mol. The van der Waals surface area contributed by atoms with E-state index in [1.165, 1.54) is 12.1 Å². The Morgan fingerprint density at radius 1 is 1.40 bits per heavy atom. The molecule has 0 aliphatic heterocycles. The molecule has 1 amide bonds. The molecular formula is C12H14FNO. The molecule has 0 fully saturated rings. The summed E-state index contributed by atoms with van der Waals surface area (Å²) in [6, 6.07) is 4.61. The van der Waals surface area contributed by atoms with Gasteiger partial charge in [0.15, 0.2) is 0 Å². The first kappa shape index (κ1) is 11.4. The molecule has 0 saturated carbocycles. The SMILES string of the molecule is CC(C)=CC(=O)Nc1cccc(F)c1C. The third-order valence-corrected chi connectivity index (χ3v) is 1.95. The van der Waals surface area contributed by atoms with Crippen molar-refractivity contribution in [3.63, 3.8) is 0 Å². The van der Waals surface area contributed by atoms with Crippen LogP contribution < -0.4 is 5.32 Å². The number of allylic oxidation sites excluding steroid dienone is 1. The zero-order chi connectivity index (χ0) is 11.4. The number of carbonyl (C=O) groups is 1. The predicted molar refractivity (Wildman–Crippen MR) is 59.2 cm³/mol. The van der Waals surface area contributed by atoms with Crippen molar-refractivity contribution < 1.29 is 9.18 Å². The monoisotopic (exact) mass is 207 g/mol. The van der Waals surface area contributed by atoms with Gasteiger partial charge >= 0.3 is 0 Å². The number of nitrogens with one attached hydrogen (secondary N) is 1. The third kappa shape index (κ3) is 3.20. The second-order valence-corrected chi connectivity index (χ2v) is 3.62. The highest BCUT2D eigenvalue weighted by molar-refractivity contribution is 6.00. The topological polar surface area (TPSA) is 29.1 Å². The molecule has 1 N–H and O–H groups in total. The van der Waals surface area contributed by atoms with Crippen LogP contribution in [0.15, 0.2) is 29.8 Å². The van der Waals surface area contributed by atoms with Gasteiger partial charge in [-0.1, -0.05) is 11.6 Å². The van der Waals surface area contributed by atoms with Crippen LogP contribution in [0.4, 0.5) is 10.1 Å². The first-order valence-electron chi connectivity index (χ1n) is 4.71. The summed E-state index contributed by atoms with van der Waals surface area (Å²) >= 11 is 0. The maximum Gasteiger partial charge on any atom is 0.248 e. The number of amides is 1. The lowest BCUT2D eigenvalue weighted by Gasteiger charge is -2.06. The fourth-order valence-electron chi connectivity index (χ4n) is 1.17. The van der Waals surface area contributed by atoms with Gasteiger partial charge in [-0.05, 0) is 32.9 Å². The molecule has 0 radical (unpaired) electrons. The Morgan fingerprint density at radius 3 is 2.67 bits per heavy atom. The molecule has 0 heterocycles. The molecule has 15 heavy (non-hydrogen) atoms. The van der Waals surface area contributed by atoms with Gasteiger partial charge in [0.1, 0.15) is 5.82 Å². The Morgan fingerprint density at radius 2 is 2.07 bits per heavy atom. The van der Waals surface area contributed by atoms with Crippen molar-refractivity contribution in [3.05, 3.63) is 41.2 Å². The molecule has 3 heteroatoms. The maximum atomic E-state index is 13.1. The van der Waals surface area contributed by atoms with Crippen molar-refractivity contribution in [2.75, 3.05) is 5.32 Å². The van der Waals surface area contributed by atoms with Gasteiger partial charge in [-0.15, -0.1) is 0 Å². The molecule has 0 unspecified atom stereocenters. The zero-order valence-corrected chi connectivity index (χ0v) is 9.10. The second kappa shape index (κ2) is 4.73.